The minimum Gasteiger partial charge on any atom is -0.369 e. The van der Waals surface area contributed by atoms with Gasteiger partial charge < -0.3 is 10.3 Å². The topological polar surface area (TPSA) is 43.8 Å². The maximum Gasteiger partial charge on any atom is 0.200 e. The molecule has 1 atom stereocenters. The third kappa shape index (κ3) is 2.01. The zero-order valence-corrected chi connectivity index (χ0v) is 10.1. The third-order valence-corrected chi connectivity index (χ3v) is 3.71. The second kappa shape index (κ2) is 3.87. The molecule has 2 heterocycles. The van der Waals surface area contributed by atoms with E-state index >= 15 is 0 Å². The van der Waals surface area contributed by atoms with Crippen LogP contribution in [0, 0.1) is 6.92 Å². The molecule has 2 aromatic rings. The maximum atomic E-state index is 5.90. The van der Waals surface area contributed by atoms with Gasteiger partial charge in [-0.05, 0) is 26.0 Å². The number of halogens is 1. The summed E-state index contributed by atoms with van der Waals surface area (Å²) >= 11 is 7.47. The first-order valence-corrected chi connectivity index (χ1v) is 5.83. The van der Waals surface area contributed by atoms with Gasteiger partial charge in [-0.3, -0.25) is 0 Å². The summed E-state index contributed by atoms with van der Waals surface area (Å²) in [6.07, 6.45) is 1.95. The van der Waals surface area contributed by atoms with Gasteiger partial charge in [0.1, 0.15) is 0 Å². The van der Waals surface area contributed by atoms with Crippen molar-refractivity contribution in [2.75, 3.05) is 5.73 Å². The molecular weight excluding hydrogens is 230 g/mol. The molecule has 0 aliphatic heterocycles. The number of imidazole rings is 1. The van der Waals surface area contributed by atoms with Gasteiger partial charge in [-0.15, -0.1) is 11.3 Å². The standard InChI is InChI=1S/C10H12ClN3S/c1-6-5-14(10(12)13-6)7(2)8-3-4-9(11)15-8/h3-5,7H,1-2H3,(H2,12,13). The van der Waals surface area contributed by atoms with E-state index < -0.39 is 0 Å². The van der Waals surface area contributed by atoms with Crippen molar-refractivity contribution in [1.82, 2.24) is 9.55 Å². The van der Waals surface area contributed by atoms with Gasteiger partial charge >= 0.3 is 0 Å². The zero-order valence-electron chi connectivity index (χ0n) is 8.57. The van der Waals surface area contributed by atoms with Crippen LogP contribution < -0.4 is 5.73 Å². The second-order valence-electron chi connectivity index (χ2n) is 3.47. The van der Waals surface area contributed by atoms with Gasteiger partial charge in [0.05, 0.1) is 16.1 Å². The average molecular weight is 242 g/mol. The lowest BCUT2D eigenvalue weighted by Crippen LogP contribution is -2.07. The molecule has 0 aliphatic carbocycles. The number of nitrogen functional groups attached to an aromatic ring is 1. The smallest absolute Gasteiger partial charge is 0.200 e. The van der Waals surface area contributed by atoms with E-state index in [9.17, 15) is 0 Å². The lowest BCUT2D eigenvalue weighted by molar-refractivity contribution is 0.659. The van der Waals surface area contributed by atoms with E-state index in [0.29, 0.717) is 5.95 Å². The molecule has 0 amide bonds. The molecule has 2 rings (SSSR count). The number of hydrogen-bond donors (Lipinski definition) is 1. The van der Waals surface area contributed by atoms with Crippen molar-refractivity contribution in [2.24, 2.45) is 0 Å². The van der Waals surface area contributed by atoms with Crippen LogP contribution in [0.1, 0.15) is 23.5 Å². The Morgan fingerprint density at radius 1 is 1.53 bits per heavy atom. The van der Waals surface area contributed by atoms with Gasteiger partial charge in [-0.2, -0.15) is 0 Å². The van der Waals surface area contributed by atoms with Crippen LogP contribution in [0.15, 0.2) is 18.3 Å². The van der Waals surface area contributed by atoms with Gasteiger partial charge in [-0.25, -0.2) is 4.98 Å². The van der Waals surface area contributed by atoms with Crippen molar-refractivity contribution in [2.45, 2.75) is 19.9 Å². The van der Waals surface area contributed by atoms with Crippen LogP contribution >= 0.6 is 22.9 Å². The molecule has 3 nitrogen and oxygen atoms in total. The quantitative estimate of drug-likeness (QED) is 0.878. The summed E-state index contributed by atoms with van der Waals surface area (Å²) < 4.78 is 2.75. The van der Waals surface area contributed by atoms with Crippen LogP contribution in [0.5, 0.6) is 0 Å². The fourth-order valence-corrected chi connectivity index (χ4v) is 2.65. The number of aryl methyl sites for hydroxylation is 1. The Hall–Kier alpha value is -1.00. The highest BCUT2D eigenvalue weighted by Crippen LogP contribution is 2.30. The van der Waals surface area contributed by atoms with Crippen LogP contribution in [0.2, 0.25) is 4.34 Å². The summed E-state index contributed by atoms with van der Waals surface area (Å²) in [6.45, 7) is 4.01. The lowest BCUT2D eigenvalue weighted by atomic mass is 10.3. The van der Waals surface area contributed by atoms with Gasteiger partial charge in [0.15, 0.2) is 0 Å². The molecule has 5 heteroatoms. The highest BCUT2D eigenvalue weighted by atomic mass is 35.5. The van der Waals surface area contributed by atoms with E-state index in [1.807, 2.05) is 29.8 Å². The van der Waals surface area contributed by atoms with Crippen molar-refractivity contribution in [3.8, 4) is 0 Å². The Balaban J connectivity index is 2.35. The normalized spacial score (nSPS) is 13.0. The number of nitrogens with zero attached hydrogens (tertiary/aromatic N) is 2. The molecular formula is C10H12ClN3S. The lowest BCUT2D eigenvalue weighted by Gasteiger charge is -2.12. The molecule has 2 aromatic heterocycles. The van der Waals surface area contributed by atoms with E-state index in [-0.39, 0.29) is 6.04 Å². The van der Waals surface area contributed by atoms with Crippen LogP contribution in [-0.4, -0.2) is 9.55 Å². The number of nitrogens with two attached hydrogens (primary N) is 1. The monoisotopic (exact) mass is 241 g/mol. The maximum absolute atomic E-state index is 5.90. The van der Waals surface area contributed by atoms with Crippen molar-refractivity contribution in [3.05, 3.63) is 33.2 Å². The first kappa shape index (κ1) is 10.5. The van der Waals surface area contributed by atoms with Gasteiger partial charge in [0.2, 0.25) is 5.95 Å². The predicted octanol–water partition coefficient (Wildman–Crippen LogP) is 3.10. The summed E-state index contributed by atoms with van der Waals surface area (Å²) in [5.74, 6) is 0.546. The summed E-state index contributed by atoms with van der Waals surface area (Å²) in [5, 5.41) is 0. The van der Waals surface area contributed by atoms with Crippen LogP contribution in [0.3, 0.4) is 0 Å². The largest absolute Gasteiger partial charge is 0.369 e. The van der Waals surface area contributed by atoms with Crippen molar-refractivity contribution in [1.29, 1.82) is 0 Å². The molecule has 0 aliphatic rings. The van der Waals surface area contributed by atoms with Crippen LogP contribution in [0.4, 0.5) is 5.95 Å². The van der Waals surface area contributed by atoms with E-state index in [2.05, 4.69) is 11.9 Å². The highest BCUT2D eigenvalue weighted by Gasteiger charge is 2.13. The van der Waals surface area contributed by atoms with Crippen molar-refractivity contribution >= 4 is 28.9 Å². The van der Waals surface area contributed by atoms with Gasteiger partial charge in [0, 0.05) is 11.1 Å². The molecule has 80 valence electrons. The number of aromatic nitrogens is 2. The van der Waals surface area contributed by atoms with Crippen LogP contribution in [0.25, 0.3) is 0 Å². The molecule has 0 radical (unpaired) electrons. The molecule has 2 N–H and O–H groups in total. The Morgan fingerprint density at radius 3 is 2.73 bits per heavy atom. The van der Waals surface area contributed by atoms with E-state index in [0.717, 1.165) is 10.0 Å². The Kier molecular flexibility index (Phi) is 2.71. The first-order valence-electron chi connectivity index (χ1n) is 4.64. The first-order chi connectivity index (χ1) is 7.08. The molecule has 15 heavy (non-hydrogen) atoms. The van der Waals surface area contributed by atoms with Gasteiger partial charge in [-0.1, -0.05) is 11.6 Å². The predicted molar refractivity (Wildman–Crippen MR) is 64.5 cm³/mol. The van der Waals surface area contributed by atoms with E-state index in [4.69, 9.17) is 17.3 Å². The fraction of sp³-hybridized carbons (Fsp3) is 0.300. The van der Waals surface area contributed by atoms with Gasteiger partial charge in [0.25, 0.3) is 0 Å². The number of rotatable bonds is 2. The second-order valence-corrected chi connectivity index (χ2v) is 5.21. The van der Waals surface area contributed by atoms with Crippen molar-refractivity contribution in [3.63, 3.8) is 0 Å². The molecule has 0 spiro atoms. The number of thiophene rings is 1. The number of hydrogen-bond acceptors (Lipinski definition) is 3. The highest BCUT2D eigenvalue weighted by molar-refractivity contribution is 7.16. The minimum atomic E-state index is 0.184. The Bertz CT molecular complexity index is 475. The van der Waals surface area contributed by atoms with E-state index in [1.54, 1.807) is 11.3 Å². The minimum absolute atomic E-state index is 0.184. The number of anilines is 1. The molecule has 0 saturated carbocycles. The average Bonchev–Trinajstić information content (AvgIpc) is 2.71. The molecule has 0 aromatic carbocycles. The molecule has 0 fully saturated rings. The third-order valence-electron chi connectivity index (χ3n) is 2.30. The summed E-state index contributed by atoms with van der Waals surface area (Å²) in [7, 11) is 0. The molecule has 1 unspecified atom stereocenters. The van der Waals surface area contributed by atoms with E-state index in [1.165, 1.54) is 4.88 Å². The summed E-state index contributed by atoms with van der Waals surface area (Å²) in [5.41, 5.74) is 6.74. The summed E-state index contributed by atoms with van der Waals surface area (Å²) in [6, 6.07) is 4.11. The SMILES string of the molecule is Cc1cn(C(C)c2ccc(Cl)s2)c(N)n1. The Morgan fingerprint density at radius 2 is 2.27 bits per heavy atom. The summed E-state index contributed by atoms with van der Waals surface area (Å²) in [4.78, 5) is 5.36. The fourth-order valence-electron chi connectivity index (χ4n) is 1.53. The molecule has 0 bridgehead atoms. The zero-order chi connectivity index (χ0) is 11.0. The Labute approximate surface area is 97.5 Å². The van der Waals surface area contributed by atoms with Crippen molar-refractivity contribution < 1.29 is 0 Å². The molecule has 0 saturated heterocycles. The van der Waals surface area contributed by atoms with Crippen LogP contribution in [-0.2, 0) is 0 Å².